The largest absolute Gasteiger partial charge is 0.449 e. The van der Waals surface area contributed by atoms with Crippen molar-refractivity contribution in [1.29, 1.82) is 0 Å². The van der Waals surface area contributed by atoms with E-state index in [0.29, 0.717) is 21.5 Å². The molecule has 5 nitrogen and oxygen atoms in total. The normalized spacial score (nSPS) is 11.5. The summed E-state index contributed by atoms with van der Waals surface area (Å²) in [6.45, 7) is 1.70. The quantitative estimate of drug-likeness (QED) is 0.707. The first-order chi connectivity index (χ1) is 11.8. The minimum atomic E-state index is -4.04. The van der Waals surface area contributed by atoms with E-state index in [1.54, 1.807) is 19.1 Å². The van der Waals surface area contributed by atoms with Crippen LogP contribution in [0.25, 0.3) is 11.3 Å². The Morgan fingerprint density at radius 1 is 1.08 bits per heavy atom. The number of anilines is 1. The average molecular weight is 364 g/mol. The Kier molecular flexibility index (Phi) is 4.30. The number of rotatable bonds is 4. The van der Waals surface area contributed by atoms with Gasteiger partial charge in [-0.2, -0.15) is 0 Å². The fourth-order valence-electron chi connectivity index (χ4n) is 2.31. The third-order valence-electron chi connectivity index (χ3n) is 3.67. The zero-order valence-corrected chi connectivity index (χ0v) is 14.2. The highest BCUT2D eigenvalue weighted by atomic mass is 32.2. The summed E-state index contributed by atoms with van der Waals surface area (Å²) in [5, 5.41) is 0. The standard InChI is InChI=1S/C17H14F2N2O3S/c1-11-20-16(10-24-11)12-3-6-14(7-4-12)25(22,23)21(2)17-9-13(18)5-8-15(17)19/h3-10H,1-2H3. The van der Waals surface area contributed by atoms with E-state index in [4.69, 9.17) is 4.42 Å². The van der Waals surface area contributed by atoms with E-state index in [2.05, 4.69) is 4.98 Å². The molecular formula is C17H14F2N2O3S. The molecule has 0 saturated heterocycles. The summed E-state index contributed by atoms with van der Waals surface area (Å²) >= 11 is 0. The molecule has 0 aliphatic heterocycles. The van der Waals surface area contributed by atoms with Crippen molar-refractivity contribution in [3.8, 4) is 11.3 Å². The van der Waals surface area contributed by atoms with Gasteiger partial charge in [-0.25, -0.2) is 22.2 Å². The molecule has 3 aromatic rings. The second kappa shape index (κ2) is 6.29. The SMILES string of the molecule is Cc1nc(-c2ccc(S(=O)(=O)N(C)c3cc(F)ccc3F)cc2)co1. The van der Waals surface area contributed by atoms with E-state index in [0.717, 1.165) is 18.2 Å². The van der Waals surface area contributed by atoms with E-state index in [1.807, 2.05) is 0 Å². The van der Waals surface area contributed by atoms with Crippen molar-refractivity contribution in [3.05, 3.63) is 66.3 Å². The minimum Gasteiger partial charge on any atom is -0.449 e. The third kappa shape index (κ3) is 3.25. The van der Waals surface area contributed by atoms with Gasteiger partial charge >= 0.3 is 0 Å². The molecule has 0 fully saturated rings. The average Bonchev–Trinajstić information content (AvgIpc) is 3.03. The number of benzene rings is 2. The second-order valence-corrected chi connectivity index (χ2v) is 7.31. The van der Waals surface area contributed by atoms with E-state index in [1.165, 1.54) is 25.4 Å². The Morgan fingerprint density at radius 2 is 1.76 bits per heavy atom. The first kappa shape index (κ1) is 17.1. The molecule has 0 spiro atoms. The maximum absolute atomic E-state index is 13.9. The summed E-state index contributed by atoms with van der Waals surface area (Å²) in [5.41, 5.74) is 0.887. The van der Waals surface area contributed by atoms with Gasteiger partial charge in [-0.3, -0.25) is 4.31 Å². The molecule has 8 heteroatoms. The third-order valence-corrected chi connectivity index (χ3v) is 5.46. The Morgan fingerprint density at radius 3 is 2.36 bits per heavy atom. The summed E-state index contributed by atoms with van der Waals surface area (Å²) in [5.74, 6) is -1.06. The molecule has 1 aromatic heterocycles. The van der Waals surface area contributed by atoms with Crippen LogP contribution in [0.5, 0.6) is 0 Å². The molecule has 0 radical (unpaired) electrons. The molecule has 0 unspecified atom stereocenters. The van der Waals surface area contributed by atoms with E-state index >= 15 is 0 Å². The highest BCUT2D eigenvalue weighted by molar-refractivity contribution is 7.92. The van der Waals surface area contributed by atoms with Crippen molar-refractivity contribution in [2.75, 3.05) is 11.4 Å². The van der Waals surface area contributed by atoms with Gasteiger partial charge in [0.25, 0.3) is 10.0 Å². The smallest absolute Gasteiger partial charge is 0.264 e. The molecule has 0 aliphatic carbocycles. The molecule has 0 bridgehead atoms. The summed E-state index contributed by atoms with van der Waals surface area (Å²) in [6.07, 6.45) is 1.47. The molecule has 2 aromatic carbocycles. The van der Waals surface area contributed by atoms with Crippen molar-refractivity contribution >= 4 is 15.7 Å². The number of aromatic nitrogens is 1. The molecule has 130 valence electrons. The predicted octanol–water partition coefficient (Wildman–Crippen LogP) is 3.75. The van der Waals surface area contributed by atoms with Crippen LogP contribution in [0.1, 0.15) is 5.89 Å². The van der Waals surface area contributed by atoms with Gasteiger partial charge in [0.15, 0.2) is 5.89 Å². The minimum absolute atomic E-state index is 0.0531. The number of sulfonamides is 1. The second-order valence-electron chi connectivity index (χ2n) is 5.34. The first-order valence-corrected chi connectivity index (χ1v) is 8.69. The van der Waals surface area contributed by atoms with Gasteiger partial charge in [-0.05, 0) is 24.3 Å². The molecule has 0 aliphatic rings. The van der Waals surface area contributed by atoms with Gasteiger partial charge in [0, 0.05) is 25.6 Å². The first-order valence-electron chi connectivity index (χ1n) is 7.25. The van der Waals surface area contributed by atoms with Crippen LogP contribution in [0.2, 0.25) is 0 Å². The monoisotopic (exact) mass is 364 g/mol. The summed E-state index contributed by atoms with van der Waals surface area (Å²) in [7, 11) is -2.87. The molecule has 1 heterocycles. The Labute approximate surface area is 143 Å². The number of hydrogen-bond acceptors (Lipinski definition) is 4. The predicted molar refractivity (Wildman–Crippen MR) is 88.6 cm³/mol. The molecule has 0 N–H and O–H groups in total. The highest BCUT2D eigenvalue weighted by Crippen LogP contribution is 2.27. The lowest BCUT2D eigenvalue weighted by Gasteiger charge is -2.20. The number of oxazole rings is 1. The summed E-state index contributed by atoms with van der Waals surface area (Å²) in [6, 6.07) is 8.53. The van der Waals surface area contributed by atoms with Crippen LogP contribution in [0.3, 0.4) is 0 Å². The van der Waals surface area contributed by atoms with E-state index in [9.17, 15) is 17.2 Å². The van der Waals surface area contributed by atoms with Crippen molar-refractivity contribution in [2.45, 2.75) is 11.8 Å². The van der Waals surface area contributed by atoms with Crippen molar-refractivity contribution in [2.24, 2.45) is 0 Å². The van der Waals surface area contributed by atoms with Gasteiger partial charge in [-0.15, -0.1) is 0 Å². The summed E-state index contributed by atoms with van der Waals surface area (Å²) in [4.78, 5) is 4.11. The van der Waals surface area contributed by atoms with E-state index in [-0.39, 0.29) is 10.6 Å². The van der Waals surface area contributed by atoms with Crippen LogP contribution >= 0.6 is 0 Å². The maximum Gasteiger partial charge on any atom is 0.264 e. The van der Waals surface area contributed by atoms with Crippen LogP contribution in [-0.2, 0) is 10.0 Å². The van der Waals surface area contributed by atoms with Crippen LogP contribution in [0.4, 0.5) is 14.5 Å². The number of nitrogens with zero attached hydrogens (tertiary/aromatic N) is 2. The van der Waals surface area contributed by atoms with Crippen LogP contribution in [-0.4, -0.2) is 20.4 Å². The van der Waals surface area contributed by atoms with Crippen molar-refractivity contribution in [3.63, 3.8) is 0 Å². The fraction of sp³-hybridized carbons (Fsp3) is 0.118. The van der Waals surface area contributed by atoms with Gasteiger partial charge in [0.2, 0.25) is 0 Å². The number of hydrogen-bond donors (Lipinski definition) is 0. The Hall–Kier alpha value is -2.74. The molecule has 0 amide bonds. The summed E-state index contributed by atoms with van der Waals surface area (Å²) < 4.78 is 58.3. The van der Waals surface area contributed by atoms with Gasteiger partial charge < -0.3 is 4.42 Å². The number of halogens is 2. The molecule has 0 atom stereocenters. The zero-order valence-electron chi connectivity index (χ0n) is 13.4. The molecular weight excluding hydrogens is 350 g/mol. The van der Waals surface area contributed by atoms with Crippen LogP contribution in [0, 0.1) is 18.6 Å². The molecule has 3 rings (SSSR count). The zero-order chi connectivity index (χ0) is 18.2. The fourth-order valence-corrected chi connectivity index (χ4v) is 3.50. The molecule has 0 saturated carbocycles. The van der Waals surface area contributed by atoms with Crippen molar-refractivity contribution in [1.82, 2.24) is 4.98 Å². The van der Waals surface area contributed by atoms with Crippen LogP contribution < -0.4 is 4.31 Å². The lowest BCUT2D eigenvalue weighted by Crippen LogP contribution is -2.27. The van der Waals surface area contributed by atoms with Gasteiger partial charge in [-0.1, -0.05) is 12.1 Å². The van der Waals surface area contributed by atoms with Gasteiger partial charge in [0.1, 0.15) is 23.6 Å². The maximum atomic E-state index is 13.9. The van der Waals surface area contributed by atoms with Crippen LogP contribution in [0.15, 0.2) is 58.0 Å². The lowest BCUT2D eigenvalue weighted by atomic mass is 10.2. The number of aryl methyl sites for hydroxylation is 1. The molecule has 25 heavy (non-hydrogen) atoms. The highest BCUT2D eigenvalue weighted by Gasteiger charge is 2.24. The Bertz CT molecular complexity index is 1010. The van der Waals surface area contributed by atoms with Gasteiger partial charge in [0.05, 0.1) is 10.6 Å². The van der Waals surface area contributed by atoms with Crippen molar-refractivity contribution < 1.29 is 21.6 Å². The Balaban J connectivity index is 1.95. The topological polar surface area (TPSA) is 63.4 Å². The lowest BCUT2D eigenvalue weighted by molar-refractivity contribution is 0.521. The van der Waals surface area contributed by atoms with E-state index < -0.39 is 21.7 Å².